The molecule has 2 unspecified atom stereocenters. The first-order chi connectivity index (χ1) is 11.6. The summed E-state index contributed by atoms with van der Waals surface area (Å²) in [6, 6.07) is 8.79. The minimum atomic E-state index is 0.300. The Labute approximate surface area is 153 Å². The second-order valence-corrected chi connectivity index (χ2v) is 8.16. The number of thioether (sulfide) groups is 1. The van der Waals surface area contributed by atoms with Crippen LogP contribution in [0.4, 0.5) is 0 Å². The van der Waals surface area contributed by atoms with Gasteiger partial charge in [0.2, 0.25) is 5.91 Å². The Morgan fingerprint density at radius 1 is 1.29 bits per heavy atom. The number of rotatable bonds is 4. The molecule has 0 radical (unpaired) electrons. The number of carbonyl (C=O) groups is 1. The first-order valence-electron chi connectivity index (χ1n) is 8.72. The quantitative estimate of drug-likeness (QED) is 0.887. The standard InChI is InChI=1S/C18H26ClN3OS/c1-14(15-2-4-16(19)5-3-15)21-7-9-22(10-8-21)18(23)12-17-13-24-11-6-20-17/h2-5,14,17,20H,6-13H2,1H3. The van der Waals surface area contributed by atoms with Crippen molar-refractivity contribution in [2.45, 2.75) is 25.4 Å². The largest absolute Gasteiger partial charge is 0.340 e. The van der Waals surface area contributed by atoms with E-state index in [1.165, 1.54) is 5.56 Å². The third-order valence-electron chi connectivity index (χ3n) is 4.99. The van der Waals surface area contributed by atoms with Crippen LogP contribution in [-0.4, -0.2) is 66.0 Å². The van der Waals surface area contributed by atoms with Gasteiger partial charge in [-0.25, -0.2) is 0 Å². The lowest BCUT2D eigenvalue weighted by Crippen LogP contribution is -2.51. The van der Waals surface area contributed by atoms with Gasteiger partial charge in [0, 0.05) is 67.8 Å². The molecule has 2 fully saturated rings. The molecule has 2 aliphatic rings. The molecule has 4 nitrogen and oxygen atoms in total. The number of hydrogen-bond acceptors (Lipinski definition) is 4. The zero-order chi connectivity index (χ0) is 16.9. The molecule has 0 aliphatic carbocycles. The second-order valence-electron chi connectivity index (χ2n) is 6.57. The van der Waals surface area contributed by atoms with E-state index >= 15 is 0 Å². The van der Waals surface area contributed by atoms with Crippen molar-refractivity contribution >= 4 is 29.3 Å². The maximum absolute atomic E-state index is 12.5. The van der Waals surface area contributed by atoms with Crippen molar-refractivity contribution < 1.29 is 4.79 Å². The van der Waals surface area contributed by atoms with Crippen molar-refractivity contribution in [2.75, 3.05) is 44.2 Å². The van der Waals surface area contributed by atoms with Crippen LogP contribution >= 0.6 is 23.4 Å². The van der Waals surface area contributed by atoms with Crippen molar-refractivity contribution in [3.63, 3.8) is 0 Å². The molecule has 1 amide bonds. The van der Waals surface area contributed by atoms with Crippen LogP contribution in [0.1, 0.15) is 24.9 Å². The smallest absolute Gasteiger partial charge is 0.224 e. The third-order valence-corrected chi connectivity index (χ3v) is 6.37. The fraction of sp³-hybridized carbons (Fsp3) is 0.611. The van der Waals surface area contributed by atoms with Crippen LogP contribution in [-0.2, 0) is 4.79 Å². The molecule has 2 saturated heterocycles. The molecule has 1 aromatic carbocycles. The number of piperazine rings is 1. The molecule has 3 rings (SSSR count). The minimum Gasteiger partial charge on any atom is -0.340 e. The molecule has 2 heterocycles. The SMILES string of the molecule is CC(c1ccc(Cl)cc1)N1CCN(C(=O)CC2CSCCN2)CC1. The molecule has 0 saturated carbocycles. The summed E-state index contributed by atoms with van der Waals surface area (Å²) < 4.78 is 0. The normalized spacial score (nSPS) is 23.9. The highest BCUT2D eigenvalue weighted by atomic mass is 35.5. The van der Waals surface area contributed by atoms with E-state index in [1.807, 2.05) is 28.8 Å². The second kappa shape index (κ2) is 8.56. The van der Waals surface area contributed by atoms with Crippen molar-refractivity contribution in [2.24, 2.45) is 0 Å². The molecular formula is C18H26ClN3OS. The lowest BCUT2D eigenvalue weighted by molar-refractivity contribution is -0.133. The molecule has 0 spiro atoms. The van der Waals surface area contributed by atoms with Gasteiger partial charge in [-0.2, -0.15) is 11.8 Å². The van der Waals surface area contributed by atoms with Gasteiger partial charge in [0.1, 0.15) is 0 Å². The summed E-state index contributed by atoms with van der Waals surface area (Å²) in [5.74, 6) is 2.51. The molecule has 24 heavy (non-hydrogen) atoms. The van der Waals surface area contributed by atoms with Crippen molar-refractivity contribution in [3.8, 4) is 0 Å². The summed E-state index contributed by atoms with van der Waals surface area (Å²) in [5.41, 5.74) is 1.28. The third kappa shape index (κ3) is 4.66. The number of carbonyl (C=O) groups excluding carboxylic acids is 1. The highest BCUT2D eigenvalue weighted by Gasteiger charge is 2.26. The Morgan fingerprint density at radius 3 is 2.62 bits per heavy atom. The molecule has 2 aliphatic heterocycles. The highest BCUT2D eigenvalue weighted by molar-refractivity contribution is 7.99. The Hall–Kier alpha value is -0.750. The monoisotopic (exact) mass is 367 g/mol. The van der Waals surface area contributed by atoms with E-state index in [4.69, 9.17) is 11.6 Å². The molecule has 1 N–H and O–H groups in total. The minimum absolute atomic E-state index is 0.300. The Bertz CT molecular complexity index is 540. The van der Waals surface area contributed by atoms with Gasteiger partial charge in [0.05, 0.1) is 0 Å². The van der Waals surface area contributed by atoms with Crippen molar-refractivity contribution in [3.05, 3.63) is 34.9 Å². The van der Waals surface area contributed by atoms with Crippen LogP contribution in [0.25, 0.3) is 0 Å². The zero-order valence-electron chi connectivity index (χ0n) is 14.2. The number of benzene rings is 1. The van der Waals surface area contributed by atoms with E-state index < -0.39 is 0 Å². The Kier molecular flexibility index (Phi) is 6.44. The van der Waals surface area contributed by atoms with Gasteiger partial charge in [-0.05, 0) is 24.6 Å². The number of nitrogens with zero attached hydrogens (tertiary/aromatic N) is 2. The zero-order valence-corrected chi connectivity index (χ0v) is 15.8. The summed E-state index contributed by atoms with van der Waals surface area (Å²) in [7, 11) is 0. The van der Waals surface area contributed by atoms with E-state index in [9.17, 15) is 4.79 Å². The van der Waals surface area contributed by atoms with Crippen LogP contribution in [0.2, 0.25) is 5.02 Å². The number of halogens is 1. The van der Waals surface area contributed by atoms with Gasteiger partial charge in [-0.1, -0.05) is 23.7 Å². The van der Waals surface area contributed by atoms with Crippen LogP contribution < -0.4 is 5.32 Å². The van der Waals surface area contributed by atoms with Gasteiger partial charge in [-0.15, -0.1) is 0 Å². The molecule has 1 aromatic rings. The van der Waals surface area contributed by atoms with Crippen molar-refractivity contribution in [1.29, 1.82) is 0 Å². The lowest BCUT2D eigenvalue weighted by Gasteiger charge is -2.39. The number of nitrogens with one attached hydrogen (secondary N) is 1. The van der Waals surface area contributed by atoms with Crippen LogP contribution in [0.5, 0.6) is 0 Å². The van der Waals surface area contributed by atoms with Gasteiger partial charge < -0.3 is 10.2 Å². The van der Waals surface area contributed by atoms with E-state index in [0.717, 1.165) is 49.3 Å². The Balaban J connectivity index is 1.47. The van der Waals surface area contributed by atoms with Gasteiger partial charge in [0.25, 0.3) is 0 Å². The summed E-state index contributed by atoms with van der Waals surface area (Å²) in [6.07, 6.45) is 0.639. The summed E-state index contributed by atoms with van der Waals surface area (Å²) in [5, 5.41) is 4.23. The van der Waals surface area contributed by atoms with E-state index in [1.54, 1.807) is 0 Å². The summed E-state index contributed by atoms with van der Waals surface area (Å²) >= 11 is 7.92. The fourth-order valence-corrected chi connectivity index (χ4v) is 4.48. The maximum atomic E-state index is 12.5. The molecule has 2 atom stereocenters. The number of amides is 1. The first kappa shape index (κ1) is 18.1. The summed E-state index contributed by atoms with van der Waals surface area (Å²) in [6.45, 7) is 6.77. The van der Waals surface area contributed by atoms with Crippen LogP contribution in [0, 0.1) is 0 Å². The van der Waals surface area contributed by atoms with E-state index in [2.05, 4.69) is 29.3 Å². The van der Waals surface area contributed by atoms with Gasteiger partial charge in [0.15, 0.2) is 0 Å². The lowest BCUT2D eigenvalue weighted by atomic mass is 10.1. The molecule has 132 valence electrons. The fourth-order valence-electron chi connectivity index (χ4n) is 3.40. The van der Waals surface area contributed by atoms with E-state index in [0.29, 0.717) is 24.4 Å². The first-order valence-corrected chi connectivity index (χ1v) is 10.2. The predicted molar refractivity (Wildman–Crippen MR) is 102 cm³/mol. The van der Waals surface area contributed by atoms with E-state index in [-0.39, 0.29) is 0 Å². The van der Waals surface area contributed by atoms with Crippen LogP contribution in [0.3, 0.4) is 0 Å². The van der Waals surface area contributed by atoms with Gasteiger partial charge in [-0.3, -0.25) is 9.69 Å². The van der Waals surface area contributed by atoms with Gasteiger partial charge >= 0.3 is 0 Å². The molecular weight excluding hydrogens is 342 g/mol. The average Bonchev–Trinajstić information content (AvgIpc) is 2.63. The highest BCUT2D eigenvalue weighted by Crippen LogP contribution is 2.23. The molecule has 0 bridgehead atoms. The van der Waals surface area contributed by atoms with Crippen molar-refractivity contribution in [1.82, 2.24) is 15.1 Å². The topological polar surface area (TPSA) is 35.6 Å². The summed E-state index contributed by atoms with van der Waals surface area (Å²) in [4.78, 5) is 17.0. The Morgan fingerprint density at radius 2 is 2.00 bits per heavy atom. The predicted octanol–water partition coefficient (Wildman–Crippen LogP) is 2.64. The number of hydrogen-bond donors (Lipinski definition) is 1. The van der Waals surface area contributed by atoms with Crippen LogP contribution in [0.15, 0.2) is 24.3 Å². The average molecular weight is 368 g/mol. The molecule has 0 aromatic heterocycles. The molecule has 6 heteroatoms. The maximum Gasteiger partial charge on any atom is 0.224 e.